The second kappa shape index (κ2) is 6.58. The lowest BCUT2D eigenvalue weighted by molar-refractivity contribution is 0.209. The highest BCUT2D eigenvalue weighted by Crippen LogP contribution is 2.32. The number of benzene rings is 1. The van der Waals surface area contributed by atoms with Gasteiger partial charge in [-0.05, 0) is 42.1 Å². The highest BCUT2D eigenvalue weighted by atomic mass is 32.2. The van der Waals surface area contributed by atoms with Gasteiger partial charge in [0.1, 0.15) is 6.33 Å². The minimum Gasteiger partial charge on any atom is -0.465 e. The first-order valence-corrected chi connectivity index (χ1v) is 9.58. The minimum atomic E-state index is -1.14. The third-order valence-corrected chi connectivity index (χ3v) is 5.63. The van der Waals surface area contributed by atoms with E-state index in [1.54, 1.807) is 21.6 Å². The zero-order valence-corrected chi connectivity index (χ0v) is 15.6. The molecule has 0 aliphatic rings. The minimum absolute atomic E-state index is 0.337. The molecule has 0 spiro atoms. The summed E-state index contributed by atoms with van der Waals surface area (Å²) in [6, 6.07) is 9.37. The van der Waals surface area contributed by atoms with Crippen molar-refractivity contribution in [1.82, 2.24) is 34.3 Å². The van der Waals surface area contributed by atoms with E-state index in [0.717, 1.165) is 15.1 Å². The van der Waals surface area contributed by atoms with Crippen LogP contribution in [0.2, 0.25) is 0 Å². The van der Waals surface area contributed by atoms with Crippen LogP contribution in [0.25, 0.3) is 21.7 Å². The molecule has 0 atom stereocenters. The second-order valence-corrected chi connectivity index (χ2v) is 7.67. The van der Waals surface area contributed by atoms with Crippen molar-refractivity contribution in [1.29, 1.82) is 0 Å². The van der Waals surface area contributed by atoms with Gasteiger partial charge in [0, 0.05) is 17.3 Å². The number of nitrogens with one attached hydrogen (secondary N) is 1. The molecular weight excluding hydrogens is 400 g/mol. The summed E-state index contributed by atoms with van der Waals surface area (Å²) in [6.07, 6.45) is 4.03. The maximum absolute atomic E-state index is 10.8. The zero-order valence-electron chi connectivity index (χ0n) is 13.9. The van der Waals surface area contributed by atoms with E-state index in [1.807, 2.05) is 36.5 Å². The normalized spacial score (nSPS) is 11.3. The van der Waals surface area contributed by atoms with E-state index in [9.17, 15) is 4.79 Å². The van der Waals surface area contributed by atoms with Crippen molar-refractivity contribution >= 4 is 50.2 Å². The van der Waals surface area contributed by atoms with E-state index in [4.69, 9.17) is 5.11 Å². The lowest BCUT2D eigenvalue weighted by atomic mass is 10.3. The molecule has 1 amide bonds. The molecule has 0 radical (unpaired) electrons. The SMILES string of the molecule is O=C(O)Nc1nc2ccc(Sc3nnc4ccc(-n5ccnc5)nn34)cc2s1. The maximum atomic E-state index is 10.8. The number of fused-ring (bicyclic) bond motifs is 2. The Morgan fingerprint density at radius 2 is 2.14 bits per heavy atom. The largest absolute Gasteiger partial charge is 0.465 e. The molecule has 0 bridgehead atoms. The Kier molecular flexibility index (Phi) is 3.91. The summed E-state index contributed by atoms with van der Waals surface area (Å²) in [5.74, 6) is 0.703. The fourth-order valence-corrected chi connectivity index (χ4v) is 4.37. The molecule has 2 N–H and O–H groups in total. The first-order chi connectivity index (χ1) is 13.7. The number of carbonyl (C=O) groups is 1. The summed E-state index contributed by atoms with van der Waals surface area (Å²) in [6.45, 7) is 0. The third-order valence-electron chi connectivity index (χ3n) is 3.77. The number of hydrogen-bond donors (Lipinski definition) is 2. The van der Waals surface area contributed by atoms with Crippen LogP contribution in [0.5, 0.6) is 0 Å². The molecule has 0 saturated carbocycles. The van der Waals surface area contributed by atoms with Crippen LogP contribution in [-0.2, 0) is 0 Å². The second-order valence-electron chi connectivity index (χ2n) is 5.59. The van der Waals surface area contributed by atoms with E-state index in [2.05, 4.69) is 30.6 Å². The fourth-order valence-electron chi connectivity index (χ4n) is 2.57. The lowest BCUT2D eigenvalue weighted by Gasteiger charge is -2.03. The Labute approximate surface area is 164 Å². The molecule has 4 heterocycles. The standard InChI is InChI=1S/C16H10N8O2S2/c25-16(26)19-14-18-10-2-1-9(7-11(10)28-14)27-15-21-20-12-3-4-13(22-24(12)15)23-6-5-17-8-23/h1-8H,(H,18,19)(H,25,26). The molecule has 1 aromatic carbocycles. The van der Waals surface area contributed by atoms with Crippen LogP contribution < -0.4 is 5.32 Å². The molecule has 0 aliphatic carbocycles. The van der Waals surface area contributed by atoms with Gasteiger partial charge in [0.2, 0.25) is 5.16 Å². The van der Waals surface area contributed by atoms with E-state index in [-0.39, 0.29) is 0 Å². The molecule has 5 rings (SSSR count). The van der Waals surface area contributed by atoms with Crippen molar-refractivity contribution in [2.45, 2.75) is 10.1 Å². The number of carboxylic acid groups (broad SMARTS) is 1. The van der Waals surface area contributed by atoms with Crippen LogP contribution in [-0.4, -0.2) is 45.5 Å². The van der Waals surface area contributed by atoms with Crippen molar-refractivity contribution < 1.29 is 9.90 Å². The first kappa shape index (κ1) is 16.6. The third kappa shape index (κ3) is 3.04. The summed E-state index contributed by atoms with van der Waals surface area (Å²) in [4.78, 5) is 20.0. The highest BCUT2D eigenvalue weighted by molar-refractivity contribution is 7.99. The topological polar surface area (TPSA) is 123 Å². The zero-order chi connectivity index (χ0) is 19.1. The van der Waals surface area contributed by atoms with Crippen LogP contribution in [0.1, 0.15) is 0 Å². The fraction of sp³-hybridized carbons (Fsp3) is 0. The van der Waals surface area contributed by atoms with Crippen LogP contribution >= 0.6 is 23.1 Å². The summed E-state index contributed by atoms with van der Waals surface area (Å²) in [5.41, 5.74) is 1.36. The van der Waals surface area contributed by atoms with Gasteiger partial charge in [0.25, 0.3) is 0 Å². The van der Waals surface area contributed by atoms with Gasteiger partial charge in [-0.2, -0.15) is 4.52 Å². The Morgan fingerprint density at radius 1 is 1.21 bits per heavy atom. The molecule has 0 fully saturated rings. The van der Waals surface area contributed by atoms with Gasteiger partial charge in [0.15, 0.2) is 16.6 Å². The number of aromatic nitrogens is 7. The van der Waals surface area contributed by atoms with Crippen LogP contribution in [0.3, 0.4) is 0 Å². The Hall–Kier alpha value is -3.51. The average molecular weight is 410 g/mol. The van der Waals surface area contributed by atoms with Crippen molar-refractivity contribution in [3.05, 3.63) is 49.1 Å². The van der Waals surface area contributed by atoms with Crippen LogP contribution in [0.15, 0.2) is 59.1 Å². The number of anilines is 1. The number of amides is 1. The molecule has 0 aliphatic heterocycles. The number of nitrogens with zero attached hydrogens (tertiary/aromatic N) is 7. The van der Waals surface area contributed by atoms with Crippen LogP contribution in [0.4, 0.5) is 9.93 Å². The Bertz CT molecular complexity index is 1310. The number of imidazole rings is 1. The van der Waals surface area contributed by atoms with Crippen molar-refractivity contribution in [2.75, 3.05) is 5.32 Å². The lowest BCUT2D eigenvalue weighted by Crippen LogP contribution is -2.06. The van der Waals surface area contributed by atoms with Crippen molar-refractivity contribution in [3.8, 4) is 5.82 Å². The van der Waals surface area contributed by atoms with Gasteiger partial charge in [-0.15, -0.1) is 15.3 Å². The molecule has 12 heteroatoms. The Balaban J connectivity index is 1.49. The summed E-state index contributed by atoms with van der Waals surface area (Å²) in [7, 11) is 0. The number of thiazole rings is 1. The smallest absolute Gasteiger partial charge is 0.410 e. The van der Waals surface area contributed by atoms with Gasteiger partial charge in [-0.25, -0.2) is 14.8 Å². The molecular formula is C16H10N8O2S2. The van der Waals surface area contributed by atoms with Crippen LogP contribution in [0, 0.1) is 0 Å². The quantitative estimate of drug-likeness (QED) is 0.463. The van der Waals surface area contributed by atoms with E-state index in [0.29, 0.717) is 21.8 Å². The summed E-state index contributed by atoms with van der Waals surface area (Å²) >= 11 is 2.68. The maximum Gasteiger partial charge on any atom is 0.410 e. The van der Waals surface area contributed by atoms with Gasteiger partial charge in [0.05, 0.1) is 10.2 Å². The molecule has 5 aromatic rings. The summed E-state index contributed by atoms with van der Waals surface area (Å²) < 4.78 is 4.34. The Morgan fingerprint density at radius 3 is 2.96 bits per heavy atom. The first-order valence-electron chi connectivity index (χ1n) is 7.95. The molecule has 0 unspecified atom stereocenters. The molecule has 138 valence electrons. The molecule has 10 nitrogen and oxygen atoms in total. The van der Waals surface area contributed by atoms with E-state index in [1.165, 1.54) is 23.1 Å². The molecule has 4 aromatic heterocycles. The van der Waals surface area contributed by atoms with Crippen molar-refractivity contribution in [2.24, 2.45) is 0 Å². The number of hydrogen-bond acceptors (Lipinski definition) is 8. The average Bonchev–Trinajstić information content (AvgIpc) is 3.40. The van der Waals surface area contributed by atoms with Gasteiger partial charge < -0.3 is 5.11 Å². The highest BCUT2D eigenvalue weighted by Gasteiger charge is 2.12. The monoisotopic (exact) mass is 410 g/mol. The molecule has 0 saturated heterocycles. The van der Waals surface area contributed by atoms with Gasteiger partial charge in [-0.3, -0.25) is 9.88 Å². The molecule has 28 heavy (non-hydrogen) atoms. The predicted molar refractivity (Wildman–Crippen MR) is 103 cm³/mol. The van der Waals surface area contributed by atoms with E-state index < -0.39 is 6.09 Å². The van der Waals surface area contributed by atoms with E-state index >= 15 is 0 Å². The number of rotatable bonds is 4. The van der Waals surface area contributed by atoms with Gasteiger partial charge in [-0.1, -0.05) is 11.3 Å². The van der Waals surface area contributed by atoms with Gasteiger partial charge >= 0.3 is 6.09 Å². The summed E-state index contributed by atoms with van der Waals surface area (Å²) in [5, 5.41) is 25.0. The van der Waals surface area contributed by atoms with Crippen molar-refractivity contribution in [3.63, 3.8) is 0 Å². The predicted octanol–water partition coefficient (Wildman–Crippen LogP) is 3.16.